The second-order valence-electron chi connectivity index (χ2n) is 9.12. The molecule has 4 fully saturated rings. The molecule has 0 radical (unpaired) electrons. The highest BCUT2D eigenvalue weighted by atomic mass is 35.5. The zero-order valence-corrected chi connectivity index (χ0v) is 19.0. The zero-order valence-electron chi connectivity index (χ0n) is 16.6. The summed E-state index contributed by atoms with van der Waals surface area (Å²) in [5.41, 5.74) is 1.21. The smallest absolute Gasteiger partial charge is 0.233 e. The van der Waals surface area contributed by atoms with Gasteiger partial charge in [-0.05, 0) is 80.9 Å². The third-order valence-electron chi connectivity index (χ3n) is 6.96. The quantitative estimate of drug-likeness (QED) is 0.541. The summed E-state index contributed by atoms with van der Waals surface area (Å²) in [5, 5.41) is 9.94. The lowest BCUT2D eigenvalue weighted by Gasteiger charge is -2.60. The largest absolute Gasteiger partial charge is 0.332 e. The number of halogens is 1. The summed E-state index contributed by atoms with van der Waals surface area (Å²) >= 11 is 9.18. The molecule has 1 amide bonds. The molecule has 4 saturated carbocycles. The van der Waals surface area contributed by atoms with E-state index in [1.165, 1.54) is 50.3 Å². The Morgan fingerprint density at radius 1 is 1.14 bits per heavy atom. The number of nitrogens with zero attached hydrogens (tertiary/aromatic N) is 3. The van der Waals surface area contributed by atoms with Crippen molar-refractivity contribution < 1.29 is 4.79 Å². The number of amides is 1. The third-order valence-corrected chi connectivity index (χ3v) is 9.17. The van der Waals surface area contributed by atoms with Crippen LogP contribution in [0, 0.1) is 24.7 Å². The molecular weight excluding hydrogens is 422 g/mol. The van der Waals surface area contributed by atoms with Crippen LogP contribution in [0.25, 0.3) is 0 Å². The van der Waals surface area contributed by atoms with Crippen LogP contribution in [0.3, 0.4) is 0 Å². The van der Waals surface area contributed by atoms with Gasteiger partial charge in [0.25, 0.3) is 0 Å². The van der Waals surface area contributed by atoms with Crippen molar-refractivity contribution in [2.75, 3.05) is 5.75 Å². The van der Waals surface area contributed by atoms with E-state index in [2.05, 4.69) is 27.2 Å². The first-order valence-electron chi connectivity index (χ1n) is 10.5. The Balaban J connectivity index is 1.39. The maximum Gasteiger partial charge on any atom is 0.233 e. The van der Waals surface area contributed by atoms with E-state index in [1.54, 1.807) is 11.3 Å². The van der Waals surface area contributed by atoms with Crippen molar-refractivity contribution in [1.29, 1.82) is 0 Å². The fourth-order valence-electron chi connectivity index (χ4n) is 6.23. The van der Waals surface area contributed by atoms with E-state index in [0.717, 1.165) is 37.7 Å². The lowest BCUT2D eigenvalue weighted by molar-refractivity contribution is -0.149. The van der Waals surface area contributed by atoms with Crippen LogP contribution >= 0.6 is 34.7 Å². The van der Waals surface area contributed by atoms with Gasteiger partial charge in [-0.2, -0.15) is 0 Å². The van der Waals surface area contributed by atoms with E-state index in [-0.39, 0.29) is 11.4 Å². The molecule has 7 heteroatoms. The van der Waals surface area contributed by atoms with E-state index in [9.17, 15) is 4.79 Å². The molecule has 0 unspecified atom stereocenters. The summed E-state index contributed by atoms with van der Waals surface area (Å²) in [4.78, 5) is 15.8. The Labute approximate surface area is 185 Å². The maximum atomic E-state index is 13.5. The fourth-order valence-corrected chi connectivity index (χ4v) is 8.04. The highest BCUT2D eigenvalue weighted by Crippen LogP contribution is 2.58. The van der Waals surface area contributed by atoms with Gasteiger partial charge in [-0.3, -0.25) is 4.79 Å². The van der Waals surface area contributed by atoms with Gasteiger partial charge in [0, 0.05) is 17.1 Å². The second kappa shape index (κ2) is 7.86. The number of carbonyl (C=O) groups excluding carboxylic acids is 1. The van der Waals surface area contributed by atoms with Crippen LogP contribution in [0.4, 0.5) is 0 Å². The lowest BCUT2D eigenvalue weighted by atomic mass is 9.52. The van der Waals surface area contributed by atoms with Gasteiger partial charge in [-0.15, -0.1) is 10.2 Å². The number of aryl methyl sites for hydroxylation is 1. The molecule has 154 valence electrons. The SMILES string of the molecule is Cc1nnc(SCC(=O)N(Cc2ccc(Cl)cc2)C23CC4CC(CC(C4)C2)C3)s1. The molecule has 0 saturated heterocycles. The van der Waals surface area contributed by atoms with Gasteiger partial charge in [-0.25, -0.2) is 0 Å². The van der Waals surface area contributed by atoms with Crippen molar-refractivity contribution in [3.63, 3.8) is 0 Å². The molecule has 0 N–H and O–H groups in total. The molecule has 2 aromatic rings. The van der Waals surface area contributed by atoms with E-state index in [4.69, 9.17) is 11.6 Å². The second-order valence-corrected chi connectivity index (χ2v) is 12.0. The van der Waals surface area contributed by atoms with Crippen LogP contribution in [-0.4, -0.2) is 32.3 Å². The van der Waals surface area contributed by atoms with Gasteiger partial charge in [0.15, 0.2) is 4.34 Å². The molecule has 0 spiro atoms. The number of benzene rings is 1. The number of hydrogen-bond donors (Lipinski definition) is 0. The molecule has 4 nitrogen and oxygen atoms in total. The van der Waals surface area contributed by atoms with E-state index < -0.39 is 0 Å². The summed E-state index contributed by atoms with van der Waals surface area (Å²) in [6.45, 7) is 2.63. The fraction of sp³-hybridized carbons (Fsp3) is 0.591. The molecule has 1 aromatic heterocycles. The Bertz CT molecular complexity index is 862. The topological polar surface area (TPSA) is 46.1 Å². The van der Waals surface area contributed by atoms with Crippen molar-refractivity contribution in [3.8, 4) is 0 Å². The van der Waals surface area contributed by atoms with Crippen LogP contribution in [-0.2, 0) is 11.3 Å². The van der Waals surface area contributed by atoms with E-state index in [1.807, 2.05) is 19.1 Å². The summed E-state index contributed by atoms with van der Waals surface area (Å²) in [5.74, 6) is 3.09. The Morgan fingerprint density at radius 3 is 2.31 bits per heavy atom. The van der Waals surface area contributed by atoms with Crippen molar-refractivity contribution in [2.24, 2.45) is 17.8 Å². The van der Waals surface area contributed by atoms with Crippen molar-refractivity contribution in [3.05, 3.63) is 39.9 Å². The van der Waals surface area contributed by atoms with E-state index >= 15 is 0 Å². The Hall–Kier alpha value is -1.11. The maximum absolute atomic E-state index is 13.5. The molecule has 4 aliphatic rings. The minimum Gasteiger partial charge on any atom is -0.332 e. The molecule has 6 rings (SSSR count). The highest BCUT2D eigenvalue weighted by molar-refractivity contribution is 8.01. The summed E-state index contributed by atoms with van der Waals surface area (Å²) in [6, 6.07) is 7.98. The first-order chi connectivity index (χ1) is 14.0. The Morgan fingerprint density at radius 2 is 1.76 bits per heavy atom. The van der Waals surface area contributed by atoms with Crippen LogP contribution < -0.4 is 0 Å². The normalized spacial score (nSPS) is 29.9. The van der Waals surface area contributed by atoms with Crippen molar-refractivity contribution in [2.45, 2.75) is 61.9 Å². The zero-order chi connectivity index (χ0) is 20.0. The highest BCUT2D eigenvalue weighted by Gasteiger charge is 2.54. The first kappa shape index (κ1) is 19.8. The summed E-state index contributed by atoms with van der Waals surface area (Å²) in [6.07, 6.45) is 7.67. The van der Waals surface area contributed by atoms with Gasteiger partial charge >= 0.3 is 0 Å². The molecule has 29 heavy (non-hydrogen) atoms. The molecule has 0 aliphatic heterocycles. The molecule has 0 atom stereocenters. The monoisotopic (exact) mass is 447 g/mol. The van der Waals surface area contributed by atoms with Crippen LogP contribution in [0.5, 0.6) is 0 Å². The average molecular weight is 448 g/mol. The predicted octanol–water partition coefficient (Wildman–Crippen LogP) is 5.59. The number of rotatable bonds is 6. The number of thioether (sulfide) groups is 1. The van der Waals surface area contributed by atoms with Crippen LogP contribution in [0.15, 0.2) is 28.6 Å². The van der Waals surface area contributed by atoms with Crippen molar-refractivity contribution in [1.82, 2.24) is 15.1 Å². The minimum absolute atomic E-state index is 0.0447. The lowest BCUT2D eigenvalue weighted by Crippen LogP contribution is -2.61. The van der Waals surface area contributed by atoms with Crippen molar-refractivity contribution >= 4 is 40.6 Å². The van der Waals surface area contributed by atoms with Crippen LogP contribution in [0.2, 0.25) is 5.02 Å². The summed E-state index contributed by atoms with van der Waals surface area (Å²) in [7, 11) is 0. The third kappa shape index (κ3) is 4.08. The van der Waals surface area contributed by atoms with Gasteiger partial charge in [0.1, 0.15) is 5.01 Å². The van der Waals surface area contributed by atoms with Gasteiger partial charge < -0.3 is 4.90 Å². The van der Waals surface area contributed by atoms with Gasteiger partial charge in [-0.1, -0.05) is 46.8 Å². The van der Waals surface area contributed by atoms with E-state index in [0.29, 0.717) is 12.3 Å². The molecular formula is C22H26ClN3OS2. The summed E-state index contributed by atoms with van der Waals surface area (Å²) < 4.78 is 0.882. The molecule has 1 heterocycles. The minimum atomic E-state index is 0.0447. The number of aromatic nitrogens is 2. The molecule has 4 aliphatic carbocycles. The van der Waals surface area contributed by atoms with Gasteiger partial charge in [0.05, 0.1) is 5.75 Å². The average Bonchev–Trinajstić information content (AvgIpc) is 3.10. The standard InChI is InChI=1S/C22H26ClN3OS2/c1-14-24-25-21(29-14)28-13-20(27)26(12-15-2-4-19(23)5-3-15)22-9-16-6-17(10-22)8-18(7-16)11-22/h2-5,16-18H,6-13H2,1H3. The van der Waals surface area contributed by atoms with Gasteiger partial charge in [0.2, 0.25) is 5.91 Å². The predicted molar refractivity (Wildman–Crippen MR) is 118 cm³/mol. The number of carbonyl (C=O) groups is 1. The molecule has 1 aromatic carbocycles. The number of hydrogen-bond acceptors (Lipinski definition) is 5. The molecule has 4 bridgehead atoms. The first-order valence-corrected chi connectivity index (χ1v) is 12.6. The van der Waals surface area contributed by atoms with Crippen LogP contribution in [0.1, 0.15) is 49.1 Å². The Kier molecular flexibility index (Phi) is 5.37.